The Morgan fingerprint density at radius 2 is 2.12 bits per heavy atom. The van der Waals surface area contributed by atoms with Gasteiger partial charge < -0.3 is 4.74 Å². The minimum absolute atomic E-state index is 0.381. The molecule has 0 fully saturated rings. The number of nitro groups is 1. The average Bonchev–Trinajstić information content (AvgIpc) is 2.16. The van der Waals surface area contributed by atoms with E-state index in [1.165, 1.54) is 0 Å². The van der Waals surface area contributed by atoms with Gasteiger partial charge in [-0.2, -0.15) is 8.78 Å². The van der Waals surface area contributed by atoms with E-state index in [0.29, 0.717) is 6.07 Å². The van der Waals surface area contributed by atoms with E-state index in [9.17, 15) is 23.7 Å². The van der Waals surface area contributed by atoms with Gasteiger partial charge in [0.05, 0.1) is 11.0 Å². The van der Waals surface area contributed by atoms with Crippen LogP contribution >= 0.6 is 11.6 Å². The summed E-state index contributed by atoms with van der Waals surface area (Å²) in [6.07, 6.45) is 0. The van der Waals surface area contributed by atoms with Crippen molar-refractivity contribution in [2.45, 2.75) is 6.61 Å². The van der Waals surface area contributed by atoms with Crippen LogP contribution in [-0.4, -0.2) is 16.8 Å². The maximum atomic E-state index is 11.8. The van der Waals surface area contributed by atoms with Crippen molar-refractivity contribution >= 4 is 22.5 Å². The van der Waals surface area contributed by atoms with Crippen molar-refractivity contribution in [1.82, 2.24) is 0 Å². The molecule has 5 nitrogen and oxygen atoms in total. The van der Waals surface area contributed by atoms with Crippen molar-refractivity contribution < 1.29 is 23.2 Å². The molecule has 0 unspecified atom stereocenters. The fraction of sp³-hybridized carbons (Fsp3) is 0.125. The molecule has 0 aromatic heterocycles. The highest BCUT2D eigenvalue weighted by molar-refractivity contribution is 6.68. The number of carbonyl (C=O) groups excluding carboxylic acids is 1. The highest BCUT2D eigenvalue weighted by Crippen LogP contribution is 2.26. The first-order valence-electron chi connectivity index (χ1n) is 3.85. The van der Waals surface area contributed by atoms with Crippen molar-refractivity contribution in [3.8, 4) is 5.75 Å². The van der Waals surface area contributed by atoms with Crippen LogP contribution in [-0.2, 0) is 0 Å². The molecule has 0 heterocycles. The second-order valence-electron chi connectivity index (χ2n) is 2.59. The maximum Gasteiger partial charge on any atom is 0.387 e. The van der Waals surface area contributed by atoms with E-state index in [4.69, 9.17) is 11.6 Å². The Morgan fingerprint density at radius 1 is 1.50 bits per heavy atom. The van der Waals surface area contributed by atoms with Crippen LogP contribution < -0.4 is 4.74 Å². The second-order valence-corrected chi connectivity index (χ2v) is 2.93. The molecule has 0 N–H and O–H groups in total. The van der Waals surface area contributed by atoms with Crippen LogP contribution in [0.25, 0.3) is 0 Å². The average molecular weight is 252 g/mol. The van der Waals surface area contributed by atoms with Crippen LogP contribution in [0, 0.1) is 10.1 Å². The van der Waals surface area contributed by atoms with Crippen molar-refractivity contribution in [1.29, 1.82) is 0 Å². The Balaban J connectivity index is 3.17. The van der Waals surface area contributed by atoms with Crippen molar-refractivity contribution in [3.05, 3.63) is 33.9 Å². The lowest BCUT2D eigenvalue weighted by Gasteiger charge is -2.04. The minimum Gasteiger partial charge on any atom is -0.435 e. The molecular weight excluding hydrogens is 248 g/mol. The minimum atomic E-state index is -3.10. The number of alkyl halides is 2. The lowest BCUT2D eigenvalue weighted by atomic mass is 10.2. The van der Waals surface area contributed by atoms with Gasteiger partial charge in [0.25, 0.3) is 10.9 Å². The molecule has 0 atom stereocenters. The van der Waals surface area contributed by atoms with Crippen molar-refractivity contribution in [2.75, 3.05) is 0 Å². The monoisotopic (exact) mass is 251 g/mol. The Hall–Kier alpha value is -1.76. The third-order valence-electron chi connectivity index (χ3n) is 1.60. The van der Waals surface area contributed by atoms with Gasteiger partial charge in [-0.25, -0.2) is 0 Å². The summed E-state index contributed by atoms with van der Waals surface area (Å²) in [5.41, 5.74) is -1.06. The summed E-state index contributed by atoms with van der Waals surface area (Å²) in [6.45, 7) is -3.10. The number of ether oxygens (including phenoxy) is 1. The van der Waals surface area contributed by atoms with Crippen LogP contribution in [0.1, 0.15) is 10.4 Å². The summed E-state index contributed by atoms with van der Waals surface area (Å²) < 4.78 is 27.6. The molecule has 1 rings (SSSR count). The molecule has 0 radical (unpaired) electrons. The molecule has 0 spiro atoms. The third-order valence-corrected chi connectivity index (χ3v) is 1.81. The maximum absolute atomic E-state index is 11.8. The smallest absolute Gasteiger partial charge is 0.387 e. The molecule has 1 aromatic carbocycles. The Morgan fingerprint density at radius 3 is 2.56 bits per heavy atom. The van der Waals surface area contributed by atoms with E-state index < -0.39 is 28.2 Å². The molecule has 0 aliphatic carbocycles. The number of carbonyl (C=O) groups is 1. The zero-order chi connectivity index (χ0) is 12.3. The molecule has 0 saturated carbocycles. The van der Waals surface area contributed by atoms with Gasteiger partial charge >= 0.3 is 6.61 Å². The fourth-order valence-electron chi connectivity index (χ4n) is 1.00. The van der Waals surface area contributed by atoms with Gasteiger partial charge in [0, 0.05) is 0 Å². The van der Waals surface area contributed by atoms with Crippen LogP contribution in [0.15, 0.2) is 18.2 Å². The van der Waals surface area contributed by atoms with Gasteiger partial charge in [0.15, 0.2) is 0 Å². The van der Waals surface area contributed by atoms with Gasteiger partial charge in [-0.05, 0) is 23.7 Å². The topological polar surface area (TPSA) is 69.4 Å². The van der Waals surface area contributed by atoms with Crippen LogP contribution in [0.3, 0.4) is 0 Å². The van der Waals surface area contributed by atoms with E-state index in [0.717, 1.165) is 12.1 Å². The lowest BCUT2D eigenvalue weighted by molar-refractivity contribution is -0.385. The molecule has 0 bridgehead atoms. The SMILES string of the molecule is O=C(Cl)c1ccc(OC(F)F)cc1[N+](=O)[O-]. The molecule has 0 aliphatic rings. The van der Waals surface area contributed by atoms with E-state index in [1.807, 2.05) is 0 Å². The molecule has 0 aliphatic heterocycles. The summed E-state index contributed by atoms with van der Waals surface area (Å²) >= 11 is 5.08. The van der Waals surface area contributed by atoms with E-state index >= 15 is 0 Å². The first-order chi connectivity index (χ1) is 7.41. The molecule has 8 heteroatoms. The predicted molar refractivity (Wildman–Crippen MR) is 49.9 cm³/mol. The number of nitro benzene ring substituents is 1. The molecule has 1 aromatic rings. The molecule has 0 amide bonds. The normalized spacial score (nSPS) is 10.2. The third kappa shape index (κ3) is 2.86. The number of hydrogen-bond acceptors (Lipinski definition) is 4. The summed E-state index contributed by atoms with van der Waals surface area (Å²) in [7, 11) is 0. The van der Waals surface area contributed by atoms with Crippen molar-refractivity contribution in [3.63, 3.8) is 0 Å². The Bertz CT molecular complexity index is 438. The van der Waals surface area contributed by atoms with E-state index in [1.54, 1.807) is 0 Å². The highest BCUT2D eigenvalue weighted by atomic mass is 35.5. The van der Waals surface area contributed by atoms with Crippen LogP contribution in [0.4, 0.5) is 14.5 Å². The number of rotatable bonds is 4. The highest BCUT2D eigenvalue weighted by Gasteiger charge is 2.20. The van der Waals surface area contributed by atoms with Crippen molar-refractivity contribution in [2.24, 2.45) is 0 Å². The Labute approximate surface area is 92.7 Å². The van der Waals surface area contributed by atoms with E-state index in [-0.39, 0.29) is 5.56 Å². The van der Waals surface area contributed by atoms with E-state index in [2.05, 4.69) is 4.74 Å². The first kappa shape index (κ1) is 12.3. The van der Waals surface area contributed by atoms with Gasteiger partial charge in [0.1, 0.15) is 11.3 Å². The van der Waals surface area contributed by atoms with Gasteiger partial charge in [-0.3, -0.25) is 14.9 Å². The van der Waals surface area contributed by atoms with Gasteiger partial charge in [0.2, 0.25) is 0 Å². The number of hydrogen-bond donors (Lipinski definition) is 0. The fourth-order valence-corrected chi connectivity index (χ4v) is 1.16. The first-order valence-corrected chi connectivity index (χ1v) is 4.22. The molecular formula is C8H4ClF2NO4. The summed E-state index contributed by atoms with van der Waals surface area (Å²) in [6, 6.07) is 2.65. The predicted octanol–water partition coefficient (Wildman–Crippen LogP) is 2.58. The molecule has 16 heavy (non-hydrogen) atoms. The largest absolute Gasteiger partial charge is 0.435 e. The zero-order valence-corrected chi connectivity index (χ0v) is 8.28. The van der Waals surface area contributed by atoms with Crippen LogP contribution in [0.5, 0.6) is 5.75 Å². The zero-order valence-electron chi connectivity index (χ0n) is 7.52. The van der Waals surface area contributed by atoms with Gasteiger partial charge in [-0.1, -0.05) is 0 Å². The van der Waals surface area contributed by atoms with Crippen LogP contribution in [0.2, 0.25) is 0 Å². The number of benzene rings is 1. The summed E-state index contributed by atoms with van der Waals surface area (Å²) in [5.74, 6) is -0.414. The lowest BCUT2D eigenvalue weighted by Crippen LogP contribution is -2.04. The quantitative estimate of drug-likeness (QED) is 0.468. The molecule has 0 saturated heterocycles. The standard InChI is InChI=1S/C8H4ClF2NO4/c9-7(13)5-2-1-4(16-8(10)11)3-6(5)12(14)15/h1-3,8H. The number of nitrogens with zero attached hydrogens (tertiary/aromatic N) is 1. The Kier molecular flexibility index (Phi) is 3.73. The molecule has 86 valence electrons. The van der Waals surface area contributed by atoms with Gasteiger partial charge in [-0.15, -0.1) is 0 Å². The summed E-state index contributed by atoms with van der Waals surface area (Å²) in [4.78, 5) is 20.4. The summed E-state index contributed by atoms with van der Waals surface area (Å²) in [5, 5.41) is 9.47. The second kappa shape index (κ2) is 4.84. The number of halogens is 3.